The molecule has 1 N–H and O–H groups in total. The number of phenols is 1. The summed E-state index contributed by atoms with van der Waals surface area (Å²) in [6.45, 7) is 0. The number of phenolic OH excluding ortho intramolecular Hbond substituents is 1. The van der Waals surface area contributed by atoms with Gasteiger partial charge in [-0.25, -0.2) is 8.42 Å². The van der Waals surface area contributed by atoms with Crippen LogP contribution in [-0.2, 0) is 10.2 Å². The number of hydrogen-bond acceptors (Lipinski definition) is 3. The SMILES string of the molecule is Oc1ccc(Cl)cc1.[N-]=[N+]=NS(=O)(=O)N=[N+]=[N-]. The van der Waals surface area contributed by atoms with Gasteiger partial charge in [-0.1, -0.05) is 11.6 Å². The first-order chi connectivity index (χ1) is 7.91. The molecule has 1 aromatic carbocycles. The molecule has 0 saturated heterocycles. The molecule has 0 saturated carbocycles. The molecule has 0 radical (unpaired) electrons. The summed E-state index contributed by atoms with van der Waals surface area (Å²) in [5.41, 5.74) is 15.0. The van der Waals surface area contributed by atoms with Gasteiger partial charge < -0.3 is 5.11 Å². The van der Waals surface area contributed by atoms with Crippen molar-refractivity contribution in [1.29, 1.82) is 0 Å². The van der Waals surface area contributed by atoms with Crippen LogP contribution in [0.2, 0.25) is 5.02 Å². The molecular weight excluding hydrogens is 272 g/mol. The third-order valence-corrected chi connectivity index (χ3v) is 1.92. The molecule has 0 heterocycles. The predicted octanol–water partition coefficient (Wildman–Crippen LogP) is 2.90. The molecule has 0 spiro atoms. The van der Waals surface area contributed by atoms with Crippen molar-refractivity contribution in [2.45, 2.75) is 0 Å². The molecule has 1 rings (SSSR count). The van der Waals surface area contributed by atoms with Gasteiger partial charge in [0, 0.05) is 23.9 Å². The Hall–Kier alpha value is -2.12. The van der Waals surface area contributed by atoms with Gasteiger partial charge in [0.05, 0.1) is 0 Å². The molecule has 0 aliphatic carbocycles. The first kappa shape index (κ1) is 14.9. The standard InChI is InChI=1S/C6H5ClO.N6O2S/c7-5-1-3-6(8)4-2-5;1-3-5-9(7,8)6-4-2/h1-4,8H;. The van der Waals surface area contributed by atoms with Crippen LogP contribution in [0.15, 0.2) is 33.3 Å². The number of nitrogens with zero attached hydrogens (tertiary/aromatic N) is 6. The number of aromatic hydroxyl groups is 1. The van der Waals surface area contributed by atoms with Gasteiger partial charge in [0.15, 0.2) is 0 Å². The number of halogens is 1. The fourth-order valence-electron chi connectivity index (χ4n) is 0.550. The highest BCUT2D eigenvalue weighted by Gasteiger charge is 1.99. The maximum Gasteiger partial charge on any atom is 0.321 e. The lowest BCUT2D eigenvalue weighted by Gasteiger charge is -1.87. The van der Waals surface area contributed by atoms with Crippen molar-refractivity contribution in [2.75, 3.05) is 0 Å². The van der Waals surface area contributed by atoms with E-state index < -0.39 is 10.2 Å². The van der Waals surface area contributed by atoms with Crippen molar-refractivity contribution in [2.24, 2.45) is 9.04 Å². The number of azide groups is 1. The molecule has 0 aromatic heterocycles. The summed E-state index contributed by atoms with van der Waals surface area (Å²) in [6, 6.07) is 6.36. The Labute approximate surface area is 101 Å². The second kappa shape index (κ2) is 7.20. The van der Waals surface area contributed by atoms with Crippen molar-refractivity contribution in [1.82, 2.24) is 0 Å². The first-order valence-electron chi connectivity index (χ1n) is 3.73. The highest BCUT2D eigenvalue weighted by atomic mass is 35.5. The molecule has 90 valence electrons. The quantitative estimate of drug-likeness (QED) is 0.502. The zero-order valence-corrected chi connectivity index (χ0v) is 9.62. The average molecular weight is 277 g/mol. The van der Waals surface area contributed by atoms with Gasteiger partial charge in [0.2, 0.25) is 0 Å². The second-order valence-electron chi connectivity index (χ2n) is 2.27. The third kappa shape index (κ3) is 7.77. The Kier molecular flexibility index (Phi) is 6.30. The number of rotatable bonds is 2. The highest BCUT2D eigenvalue weighted by Crippen LogP contribution is 2.12. The number of benzene rings is 1. The van der Waals surface area contributed by atoms with Crippen molar-refractivity contribution in [3.63, 3.8) is 0 Å². The van der Waals surface area contributed by atoms with E-state index in [1.807, 2.05) is 9.82 Å². The van der Waals surface area contributed by atoms with E-state index in [1.54, 1.807) is 24.3 Å². The van der Waals surface area contributed by atoms with Crippen LogP contribution in [0.25, 0.3) is 20.9 Å². The van der Waals surface area contributed by atoms with Crippen LogP contribution in [-0.4, -0.2) is 13.5 Å². The molecule has 17 heavy (non-hydrogen) atoms. The molecule has 9 nitrogen and oxygen atoms in total. The molecule has 1 aromatic rings. The lowest BCUT2D eigenvalue weighted by atomic mass is 10.3. The van der Waals surface area contributed by atoms with E-state index in [0.29, 0.717) is 5.02 Å². The topological polar surface area (TPSA) is 152 Å². The zero-order valence-electron chi connectivity index (χ0n) is 8.04. The van der Waals surface area contributed by atoms with Crippen LogP contribution in [0.3, 0.4) is 0 Å². The van der Waals surface area contributed by atoms with E-state index in [-0.39, 0.29) is 5.75 Å². The van der Waals surface area contributed by atoms with Crippen LogP contribution in [0.4, 0.5) is 0 Å². The van der Waals surface area contributed by atoms with Crippen molar-refractivity contribution in [3.8, 4) is 5.75 Å². The van der Waals surface area contributed by atoms with E-state index in [1.165, 1.54) is 0 Å². The van der Waals surface area contributed by atoms with Crippen LogP contribution >= 0.6 is 11.6 Å². The molecular formula is C6H5ClN6O3S. The smallest absolute Gasteiger partial charge is 0.321 e. The summed E-state index contributed by atoms with van der Waals surface area (Å²) in [5.74, 6) is 0.245. The lowest BCUT2D eigenvalue weighted by Crippen LogP contribution is -1.82. The van der Waals surface area contributed by atoms with Crippen LogP contribution < -0.4 is 0 Å². The van der Waals surface area contributed by atoms with E-state index in [9.17, 15) is 8.42 Å². The van der Waals surface area contributed by atoms with E-state index in [4.69, 9.17) is 27.8 Å². The Morgan fingerprint density at radius 1 is 1.12 bits per heavy atom. The molecule has 0 unspecified atom stereocenters. The molecule has 11 heteroatoms. The van der Waals surface area contributed by atoms with Gasteiger partial charge in [-0.05, 0) is 35.3 Å². The summed E-state index contributed by atoms with van der Waals surface area (Å²) in [6.07, 6.45) is 0. The minimum atomic E-state index is -4.27. The van der Waals surface area contributed by atoms with Gasteiger partial charge in [-0.2, -0.15) is 0 Å². The maximum atomic E-state index is 9.99. The molecule has 0 fully saturated rings. The minimum absolute atomic E-state index is 0.245. The Morgan fingerprint density at radius 3 is 1.82 bits per heavy atom. The maximum absolute atomic E-state index is 9.99. The van der Waals surface area contributed by atoms with Crippen LogP contribution in [0, 0.1) is 0 Å². The van der Waals surface area contributed by atoms with Gasteiger partial charge >= 0.3 is 10.2 Å². The summed E-state index contributed by atoms with van der Waals surface area (Å²) in [5, 5.41) is 9.34. The minimum Gasteiger partial charge on any atom is -0.508 e. The molecule has 0 amide bonds. The molecule has 0 bridgehead atoms. The average Bonchev–Trinajstić information content (AvgIpc) is 2.23. The Balaban J connectivity index is 0.000000302. The summed E-state index contributed by atoms with van der Waals surface area (Å²) in [4.78, 5) is 3.80. The Bertz CT molecular complexity index is 513. The van der Waals surface area contributed by atoms with E-state index in [2.05, 4.69) is 9.04 Å². The van der Waals surface area contributed by atoms with E-state index in [0.717, 1.165) is 0 Å². The Morgan fingerprint density at radius 2 is 1.53 bits per heavy atom. The van der Waals surface area contributed by atoms with Crippen molar-refractivity contribution in [3.05, 3.63) is 50.2 Å². The number of hydrogen-bond donors (Lipinski definition) is 1. The predicted molar refractivity (Wildman–Crippen MR) is 60.3 cm³/mol. The van der Waals surface area contributed by atoms with Crippen LogP contribution in [0.5, 0.6) is 5.75 Å². The van der Waals surface area contributed by atoms with Crippen molar-refractivity contribution >= 4 is 21.8 Å². The zero-order chi connectivity index (χ0) is 13.3. The largest absolute Gasteiger partial charge is 0.508 e. The van der Waals surface area contributed by atoms with Gasteiger partial charge in [-0.15, -0.1) is 0 Å². The van der Waals surface area contributed by atoms with Gasteiger partial charge in [-0.3, -0.25) is 0 Å². The highest BCUT2D eigenvalue weighted by molar-refractivity contribution is 7.88. The monoisotopic (exact) mass is 276 g/mol. The molecule has 0 atom stereocenters. The fraction of sp³-hybridized carbons (Fsp3) is 0. The third-order valence-electron chi connectivity index (χ3n) is 1.11. The normalized spacial score (nSPS) is 9.00. The van der Waals surface area contributed by atoms with E-state index >= 15 is 0 Å². The summed E-state index contributed by atoms with van der Waals surface area (Å²) in [7, 11) is -4.27. The van der Waals surface area contributed by atoms with Gasteiger partial charge in [0.1, 0.15) is 5.75 Å². The molecule has 0 aliphatic rings. The van der Waals surface area contributed by atoms with Crippen LogP contribution in [0.1, 0.15) is 0 Å². The first-order valence-corrected chi connectivity index (χ1v) is 5.51. The molecule has 0 aliphatic heterocycles. The second-order valence-corrected chi connectivity index (χ2v) is 3.93. The van der Waals surface area contributed by atoms with Crippen molar-refractivity contribution < 1.29 is 13.5 Å². The summed E-state index contributed by atoms with van der Waals surface area (Å²) < 4.78 is 24.3. The lowest BCUT2D eigenvalue weighted by molar-refractivity contribution is 0.475. The fourth-order valence-corrected chi connectivity index (χ4v) is 0.893. The summed E-state index contributed by atoms with van der Waals surface area (Å²) >= 11 is 5.50. The van der Waals surface area contributed by atoms with Gasteiger partial charge in [0.25, 0.3) is 0 Å².